The lowest BCUT2D eigenvalue weighted by Crippen LogP contribution is -2.40. The first-order valence-electron chi connectivity index (χ1n) is 8.69. The second-order valence-corrected chi connectivity index (χ2v) is 6.65. The summed E-state index contributed by atoms with van der Waals surface area (Å²) in [5.74, 6) is -0.564. The molecule has 0 saturated carbocycles. The molecule has 1 aliphatic rings. The average Bonchev–Trinajstić information content (AvgIpc) is 2.67. The second-order valence-electron chi connectivity index (χ2n) is 6.65. The lowest BCUT2D eigenvalue weighted by Gasteiger charge is -2.38. The van der Waals surface area contributed by atoms with Crippen LogP contribution in [0.15, 0.2) is 67.0 Å². The van der Waals surface area contributed by atoms with Crippen molar-refractivity contribution in [1.82, 2.24) is 9.88 Å². The minimum absolute atomic E-state index is 0.162. The number of nitrogens with zero attached hydrogens (tertiary/aromatic N) is 2. The van der Waals surface area contributed by atoms with Gasteiger partial charge in [0.25, 0.3) is 5.91 Å². The molecule has 3 aromatic rings. The summed E-state index contributed by atoms with van der Waals surface area (Å²) in [5, 5.41) is 0. The largest absolute Gasteiger partial charge is 0.327 e. The van der Waals surface area contributed by atoms with E-state index in [2.05, 4.69) is 30.1 Å². The van der Waals surface area contributed by atoms with E-state index in [0.717, 1.165) is 17.5 Å². The van der Waals surface area contributed by atoms with Gasteiger partial charge in [-0.25, -0.2) is 4.39 Å². The SMILES string of the molecule is Cc1ccc2c(c1)CCN(C(=O)c1cccc(F)c1)C2c1cccnc1. The molecule has 0 spiro atoms. The summed E-state index contributed by atoms with van der Waals surface area (Å²) >= 11 is 0. The van der Waals surface area contributed by atoms with Crippen LogP contribution in [-0.4, -0.2) is 22.3 Å². The van der Waals surface area contributed by atoms with Gasteiger partial charge in [0.2, 0.25) is 0 Å². The summed E-state index contributed by atoms with van der Waals surface area (Å²) in [6.45, 7) is 2.66. The third-order valence-electron chi connectivity index (χ3n) is 4.86. The van der Waals surface area contributed by atoms with Crippen LogP contribution in [0.5, 0.6) is 0 Å². The molecule has 1 atom stereocenters. The zero-order valence-corrected chi connectivity index (χ0v) is 14.5. The predicted molar refractivity (Wildman–Crippen MR) is 98.4 cm³/mol. The van der Waals surface area contributed by atoms with Crippen LogP contribution in [0.3, 0.4) is 0 Å². The molecule has 2 aromatic carbocycles. The van der Waals surface area contributed by atoms with Gasteiger partial charge < -0.3 is 4.90 Å². The van der Waals surface area contributed by atoms with Crippen LogP contribution >= 0.6 is 0 Å². The van der Waals surface area contributed by atoms with E-state index in [4.69, 9.17) is 0 Å². The molecule has 0 radical (unpaired) electrons. The van der Waals surface area contributed by atoms with Gasteiger partial charge in [-0.05, 0) is 54.3 Å². The van der Waals surface area contributed by atoms with E-state index < -0.39 is 5.82 Å². The molecular formula is C22H19FN2O. The van der Waals surface area contributed by atoms with Crippen molar-refractivity contribution in [2.24, 2.45) is 0 Å². The quantitative estimate of drug-likeness (QED) is 0.692. The number of carbonyl (C=O) groups is 1. The van der Waals surface area contributed by atoms with Gasteiger partial charge in [-0.1, -0.05) is 35.9 Å². The molecule has 0 fully saturated rings. The van der Waals surface area contributed by atoms with Crippen molar-refractivity contribution in [3.63, 3.8) is 0 Å². The Kier molecular flexibility index (Phi) is 4.25. The summed E-state index contributed by atoms with van der Waals surface area (Å²) in [7, 11) is 0. The van der Waals surface area contributed by atoms with Crippen LogP contribution in [0.4, 0.5) is 4.39 Å². The number of aromatic nitrogens is 1. The van der Waals surface area contributed by atoms with E-state index in [9.17, 15) is 9.18 Å². The zero-order valence-electron chi connectivity index (χ0n) is 14.5. The average molecular weight is 346 g/mol. The van der Waals surface area contributed by atoms with Gasteiger partial charge in [-0.3, -0.25) is 9.78 Å². The Morgan fingerprint density at radius 1 is 1.15 bits per heavy atom. The van der Waals surface area contributed by atoms with Crippen molar-refractivity contribution in [2.45, 2.75) is 19.4 Å². The zero-order chi connectivity index (χ0) is 18.1. The standard InChI is InChI=1S/C22H19FN2O/c1-15-7-8-20-16(12-15)9-11-25(21(20)18-5-3-10-24-14-18)22(26)17-4-2-6-19(23)13-17/h2-8,10,12-14,21H,9,11H2,1H3. The van der Waals surface area contributed by atoms with E-state index in [-0.39, 0.29) is 11.9 Å². The van der Waals surface area contributed by atoms with E-state index in [0.29, 0.717) is 12.1 Å². The number of halogens is 1. The van der Waals surface area contributed by atoms with Crippen molar-refractivity contribution < 1.29 is 9.18 Å². The number of benzene rings is 2. The van der Waals surface area contributed by atoms with E-state index in [1.54, 1.807) is 24.5 Å². The van der Waals surface area contributed by atoms with E-state index in [1.807, 2.05) is 17.0 Å². The third-order valence-corrected chi connectivity index (χ3v) is 4.86. The Balaban J connectivity index is 1.81. The molecule has 1 aliphatic heterocycles. The lowest BCUT2D eigenvalue weighted by atomic mass is 9.87. The Morgan fingerprint density at radius 3 is 2.81 bits per heavy atom. The van der Waals surface area contributed by atoms with Crippen molar-refractivity contribution in [3.05, 3.63) is 101 Å². The highest BCUT2D eigenvalue weighted by molar-refractivity contribution is 5.95. The van der Waals surface area contributed by atoms with Gasteiger partial charge >= 0.3 is 0 Å². The van der Waals surface area contributed by atoms with Gasteiger partial charge in [-0.15, -0.1) is 0 Å². The number of aryl methyl sites for hydroxylation is 1. The maximum absolute atomic E-state index is 13.6. The monoisotopic (exact) mass is 346 g/mol. The highest BCUT2D eigenvalue weighted by Crippen LogP contribution is 2.36. The molecule has 0 bridgehead atoms. The van der Waals surface area contributed by atoms with Crippen LogP contribution in [0, 0.1) is 12.7 Å². The highest BCUT2D eigenvalue weighted by Gasteiger charge is 2.32. The van der Waals surface area contributed by atoms with E-state index >= 15 is 0 Å². The molecule has 0 aliphatic carbocycles. The molecule has 1 amide bonds. The van der Waals surface area contributed by atoms with Gasteiger partial charge in [0.05, 0.1) is 6.04 Å². The molecule has 3 nitrogen and oxygen atoms in total. The molecule has 4 heteroatoms. The molecule has 1 unspecified atom stereocenters. The summed E-state index contributed by atoms with van der Waals surface area (Å²) in [5.41, 5.74) is 4.90. The summed E-state index contributed by atoms with van der Waals surface area (Å²) in [6.07, 6.45) is 4.31. The topological polar surface area (TPSA) is 33.2 Å². The number of fused-ring (bicyclic) bond motifs is 1. The normalized spacial score (nSPS) is 16.2. The maximum atomic E-state index is 13.6. The Bertz CT molecular complexity index is 955. The highest BCUT2D eigenvalue weighted by atomic mass is 19.1. The Hall–Kier alpha value is -3.01. The Morgan fingerprint density at radius 2 is 2.04 bits per heavy atom. The van der Waals surface area contributed by atoms with Crippen molar-refractivity contribution in [3.8, 4) is 0 Å². The van der Waals surface area contributed by atoms with Crippen molar-refractivity contribution in [2.75, 3.05) is 6.54 Å². The van der Waals surface area contributed by atoms with Crippen LogP contribution in [-0.2, 0) is 6.42 Å². The van der Waals surface area contributed by atoms with Crippen molar-refractivity contribution in [1.29, 1.82) is 0 Å². The smallest absolute Gasteiger partial charge is 0.254 e. The number of carbonyl (C=O) groups excluding carboxylic acids is 1. The van der Waals surface area contributed by atoms with Gasteiger partial charge in [0.1, 0.15) is 5.82 Å². The fourth-order valence-electron chi connectivity index (χ4n) is 3.66. The fourth-order valence-corrected chi connectivity index (χ4v) is 3.66. The molecule has 26 heavy (non-hydrogen) atoms. The summed E-state index contributed by atoms with van der Waals surface area (Å²) in [6, 6.07) is 15.9. The van der Waals surface area contributed by atoms with Crippen LogP contribution in [0.25, 0.3) is 0 Å². The van der Waals surface area contributed by atoms with Gasteiger partial charge in [-0.2, -0.15) is 0 Å². The number of rotatable bonds is 2. The number of hydrogen-bond donors (Lipinski definition) is 0. The van der Waals surface area contributed by atoms with E-state index in [1.165, 1.54) is 23.3 Å². The van der Waals surface area contributed by atoms with Crippen LogP contribution < -0.4 is 0 Å². The first kappa shape index (κ1) is 16.5. The predicted octanol–water partition coefficient (Wildman–Crippen LogP) is 4.32. The van der Waals surface area contributed by atoms with Crippen LogP contribution in [0.2, 0.25) is 0 Å². The molecule has 2 heterocycles. The summed E-state index contributed by atoms with van der Waals surface area (Å²) in [4.78, 5) is 19.2. The number of pyridine rings is 1. The number of hydrogen-bond acceptors (Lipinski definition) is 2. The van der Waals surface area contributed by atoms with Crippen molar-refractivity contribution >= 4 is 5.91 Å². The fraction of sp³-hybridized carbons (Fsp3) is 0.182. The molecule has 0 saturated heterocycles. The summed E-state index contributed by atoms with van der Waals surface area (Å²) < 4.78 is 13.6. The Labute approximate surface area is 152 Å². The third kappa shape index (κ3) is 2.99. The molecule has 4 rings (SSSR count). The van der Waals surface area contributed by atoms with Crippen LogP contribution in [0.1, 0.15) is 38.7 Å². The number of amides is 1. The molecule has 130 valence electrons. The minimum Gasteiger partial charge on any atom is -0.327 e. The second kappa shape index (κ2) is 6.71. The molecule has 1 aromatic heterocycles. The molecule has 0 N–H and O–H groups in total. The van der Waals surface area contributed by atoms with Gasteiger partial charge in [0.15, 0.2) is 0 Å². The minimum atomic E-state index is -0.401. The lowest BCUT2D eigenvalue weighted by molar-refractivity contribution is 0.0694. The molecular weight excluding hydrogens is 327 g/mol. The van der Waals surface area contributed by atoms with Gasteiger partial charge in [0, 0.05) is 24.5 Å². The maximum Gasteiger partial charge on any atom is 0.254 e. The first-order chi connectivity index (χ1) is 12.6. The first-order valence-corrected chi connectivity index (χ1v) is 8.69.